The first kappa shape index (κ1) is 15.3. The van der Waals surface area contributed by atoms with Gasteiger partial charge in [-0.25, -0.2) is 0 Å². The second kappa shape index (κ2) is 6.26. The van der Waals surface area contributed by atoms with E-state index in [4.69, 9.17) is 10.5 Å². The first-order valence-corrected chi connectivity index (χ1v) is 8.20. The standard InChI is InChI=1S/C17H20BrN3O/c1-11-10-21(17(19)20-8-9-22-2)15-7-6-12-13(16(11)15)4-3-5-14(12)18/h3-7,11H,8-10H2,1-2H3,(H2,19,20). The summed E-state index contributed by atoms with van der Waals surface area (Å²) in [4.78, 5) is 6.52. The summed E-state index contributed by atoms with van der Waals surface area (Å²) < 4.78 is 6.16. The van der Waals surface area contributed by atoms with Crippen molar-refractivity contribution in [1.82, 2.24) is 0 Å². The third kappa shape index (κ3) is 2.59. The number of methoxy groups -OCH3 is 1. The molecule has 1 heterocycles. The quantitative estimate of drug-likeness (QED) is 0.517. The predicted molar refractivity (Wildman–Crippen MR) is 95.8 cm³/mol. The summed E-state index contributed by atoms with van der Waals surface area (Å²) >= 11 is 3.64. The summed E-state index contributed by atoms with van der Waals surface area (Å²) in [6, 6.07) is 10.6. The molecule has 1 aliphatic heterocycles. The number of guanidine groups is 1. The Morgan fingerprint density at radius 2 is 2.18 bits per heavy atom. The summed E-state index contributed by atoms with van der Waals surface area (Å²) in [6.07, 6.45) is 0. The van der Waals surface area contributed by atoms with Gasteiger partial charge >= 0.3 is 0 Å². The molecular weight excluding hydrogens is 342 g/mol. The molecule has 0 fully saturated rings. The molecule has 2 N–H and O–H groups in total. The van der Waals surface area contributed by atoms with Crippen LogP contribution >= 0.6 is 15.9 Å². The molecule has 1 unspecified atom stereocenters. The van der Waals surface area contributed by atoms with Gasteiger partial charge in [-0.15, -0.1) is 0 Å². The fourth-order valence-corrected chi connectivity index (χ4v) is 3.60. The monoisotopic (exact) mass is 361 g/mol. The zero-order chi connectivity index (χ0) is 15.7. The van der Waals surface area contributed by atoms with Gasteiger partial charge in [0.05, 0.1) is 13.2 Å². The number of hydrogen-bond acceptors (Lipinski definition) is 2. The van der Waals surface area contributed by atoms with Gasteiger partial charge in [-0.05, 0) is 28.5 Å². The lowest BCUT2D eigenvalue weighted by Gasteiger charge is -2.18. The highest BCUT2D eigenvalue weighted by Gasteiger charge is 2.29. The number of fused-ring (bicyclic) bond motifs is 3. The molecule has 2 aromatic carbocycles. The van der Waals surface area contributed by atoms with Crippen molar-refractivity contribution in [1.29, 1.82) is 0 Å². The van der Waals surface area contributed by atoms with Crippen LogP contribution < -0.4 is 10.6 Å². The highest BCUT2D eigenvalue weighted by Crippen LogP contribution is 2.42. The topological polar surface area (TPSA) is 50.9 Å². The zero-order valence-electron chi connectivity index (χ0n) is 12.8. The molecule has 116 valence electrons. The molecule has 0 radical (unpaired) electrons. The molecule has 0 amide bonds. The van der Waals surface area contributed by atoms with Crippen molar-refractivity contribution in [3.05, 3.63) is 40.4 Å². The van der Waals surface area contributed by atoms with Gasteiger partial charge in [0.1, 0.15) is 0 Å². The van der Waals surface area contributed by atoms with Crippen molar-refractivity contribution in [3.63, 3.8) is 0 Å². The number of rotatable bonds is 3. The first-order chi connectivity index (χ1) is 10.6. The zero-order valence-corrected chi connectivity index (χ0v) is 14.4. The third-order valence-corrected chi connectivity index (χ3v) is 4.80. The van der Waals surface area contributed by atoms with Gasteiger partial charge in [-0.3, -0.25) is 4.99 Å². The SMILES string of the molecule is COCCN=C(N)N1CC(C)c2c1ccc1c(Br)cccc21. The Bertz CT molecular complexity index is 729. The molecule has 2 aromatic rings. The van der Waals surface area contributed by atoms with Crippen LogP contribution in [0.15, 0.2) is 39.8 Å². The van der Waals surface area contributed by atoms with E-state index in [2.05, 4.69) is 63.1 Å². The molecule has 1 atom stereocenters. The summed E-state index contributed by atoms with van der Waals surface area (Å²) in [6.45, 7) is 4.27. The Balaban J connectivity index is 2.04. The molecule has 0 bridgehead atoms. The lowest BCUT2D eigenvalue weighted by Crippen LogP contribution is -2.36. The lowest BCUT2D eigenvalue weighted by molar-refractivity contribution is 0.208. The number of aliphatic imine (C=N–C) groups is 1. The van der Waals surface area contributed by atoms with E-state index in [-0.39, 0.29) is 0 Å². The van der Waals surface area contributed by atoms with Gasteiger partial charge in [-0.2, -0.15) is 0 Å². The smallest absolute Gasteiger partial charge is 0.195 e. The number of anilines is 1. The molecular formula is C17H20BrN3O. The number of benzene rings is 2. The van der Waals surface area contributed by atoms with Crippen LogP contribution in [0.2, 0.25) is 0 Å². The Morgan fingerprint density at radius 3 is 2.95 bits per heavy atom. The fourth-order valence-electron chi connectivity index (χ4n) is 3.10. The van der Waals surface area contributed by atoms with Crippen LogP contribution in [0.5, 0.6) is 0 Å². The second-order valence-electron chi connectivity index (χ2n) is 5.58. The number of nitrogens with zero attached hydrogens (tertiary/aromatic N) is 2. The second-order valence-corrected chi connectivity index (χ2v) is 6.43. The Morgan fingerprint density at radius 1 is 1.36 bits per heavy atom. The van der Waals surface area contributed by atoms with E-state index in [0.29, 0.717) is 25.0 Å². The first-order valence-electron chi connectivity index (χ1n) is 7.41. The van der Waals surface area contributed by atoms with Crippen molar-refractivity contribution in [3.8, 4) is 0 Å². The molecule has 0 saturated heterocycles. The van der Waals surface area contributed by atoms with Crippen LogP contribution in [0.1, 0.15) is 18.4 Å². The molecule has 0 spiro atoms. The maximum Gasteiger partial charge on any atom is 0.195 e. The highest BCUT2D eigenvalue weighted by atomic mass is 79.9. The van der Waals surface area contributed by atoms with Gasteiger partial charge in [-0.1, -0.05) is 41.1 Å². The fraction of sp³-hybridized carbons (Fsp3) is 0.353. The van der Waals surface area contributed by atoms with E-state index in [0.717, 1.165) is 16.7 Å². The van der Waals surface area contributed by atoms with Gasteiger partial charge in [0.25, 0.3) is 0 Å². The number of halogens is 1. The summed E-state index contributed by atoms with van der Waals surface area (Å²) in [5.41, 5.74) is 8.70. The van der Waals surface area contributed by atoms with E-state index < -0.39 is 0 Å². The average molecular weight is 362 g/mol. The summed E-state index contributed by atoms with van der Waals surface area (Å²) in [5, 5.41) is 2.52. The molecule has 3 rings (SSSR count). The third-order valence-electron chi connectivity index (χ3n) is 4.11. The van der Waals surface area contributed by atoms with E-state index in [1.807, 2.05) is 0 Å². The van der Waals surface area contributed by atoms with Gasteiger partial charge in [0.2, 0.25) is 0 Å². The Labute approximate surface area is 139 Å². The summed E-state index contributed by atoms with van der Waals surface area (Å²) in [7, 11) is 1.67. The van der Waals surface area contributed by atoms with Crippen molar-refractivity contribution >= 4 is 38.3 Å². The van der Waals surface area contributed by atoms with E-state index in [9.17, 15) is 0 Å². The number of hydrogen-bond donors (Lipinski definition) is 1. The largest absolute Gasteiger partial charge is 0.383 e. The van der Waals surface area contributed by atoms with Crippen molar-refractivity contribution in [2.24, 2.45) is 10.7 Å². The minimum atomic E-state index is 0.421. The minimum Gasteiger partial charge on any atom is -0.383 e. The lowest BCUT2D eigenvalue weighted by atomic mass is 9.96. The predicted octanol–water partition coefficient (Wildman–Crippen LogP) is 3.49. The highest BCUT2D eigenvalue weighted by molar-refractivity contribution is 9.10. The van der Waals surface area contributed by atoms with Crippen LogP contribution in [-0.4, -0.2) is 32.8 Å². The van der Waals surface area contributed by atoms with Gasteiger partial charge in [0.15, 0.2) is 5.96 Å². The van der Waals surface area contributed by atoms with Crippen LogP contribution in [0.3, 0.4) is 0 Å². The van der Waals surface area contributed by atoms with E-state index >= 15 is 0 Å². The van der Waals surface area contributed by atoms with Gasteiger partial charge in [0, 0.05) is 29.7 Å². The van der Waals surface area contributed by atoms with Crippen LogP contribution in [0, 0.1) is 0 Å². The van der Waals surface area contributed by atoms with E-state index in [1.165, 1.54) is 16.3 Å². The van der Waals surface area contributed by atoms with Crippen molar-refractivity contribution in [2.75, 3.05) is 31.7 Å². The molecule has 1 aliphatic rings. The molecule has 4 nitrogen and oxygen atoms in total. The Hall–Kier alpha value is -1.59. The van der Waals surface area contributed by atoms with Crippen LogP contribution in [0.4, 0.5) is 5.69 Å². The van der Waals surface area contributed by atoms with E-state index in [1.54, 1.807) is 7.11 Å². The number of ether oxygens (including phenoxy) is 1. The number of nitrogens with two attached hydrogens (primary N) is 1. The van der Waals surface area contributed by atoms with Crippen LogP contribution in [-0.2, 0) is 4.74 Å². The van der Waals surface area contributed by atoms with Crippen LogP contribution in [0.25, 0.3) is 10.8 Å². The maximum absolute atomic E-state index is 6.18. The minimum absolute atomic E-state index is 0.421. The Kier molecular flexibility index (Phi) is 4.36. The molecule has 0 aromatic heterocycles. The van der Waals surface area contributed by atoms with Gasteiger partial charge < -0.3 is 15.4 Å². The molecule has 0 aliphatic carbocycles. The molecule has 22 heavy (non-hydrogen) atoms. The molecule has 0 saturated carbocycles. The normalized spacial score (nSPS) is 18.0. The molecule has 5 heteroatoms. The maximum atomic E-state index is 6.18. The summed E-state index contributed by atoms with van der Waals surface area (Å²) in [5.74, 6) is 0.987. The van der Waals surface area contributed by atoms with Crippen molar-refractivity contribution in [2.45, 2.75) is 12.8 Å². The average Bonchev–Trinajstić information content (AvgIpc) is 2.85. The van der Waals surface area contributed by atoms with Crippen molar-refractivity contribution < 1.29 is 4.74 Å².